The zero-order valence-corrected chi connectivity index (χ0v) is 12.5. The SMILES string of the molecule is CNCc1ccc(N(C)CCCCCO)c(C(F)(F)F)c1. The first kappa shape index (κ1) is 17.8. The molecule has 0 amide bonds. The van der Waals surface area contributed by atoms with E-state index in [0.717, 1.165) is 12.8 Å². The predicted octanol–water partition coefficient (Wildman–Crippen LogP) is 3.02. The van der Waals surface area contributed by atoms with Crippen molar-refractivity contribution in [1.82, 2.24) is 5.32 Å². The maximum absolute atomic E-state index is 13.2. The molecule has 3 nitrogen and oxygen atoms in total. The normalized spacial score (nSPS) is 11.7. The van der Waals surface area contributed by atoms with Crippen LogP contribution in [0.1, 0.15) is 30.4 Å². The van der Waals surface area contributed by atoms with E-state index in [1.807, 2.05) is 0 Å². The van der Waals surface area contributed by atoms with Crippen LogP contribution in [0.5, 0.6) is 0 Å². The van der Waals surface area contributed by atoms with Gasteiger partial charge in [0.15, 0.2) is 0 Å². The van der Waals surface area contributed by atoms with Gasteiger partial charge < -0.3 is 15.3 Å². The van der Waals surface area contributed by atoms with Crippen molar-refractivity contribution < 1.29 is 18.3 Å². The molecule has 0 aliphatic rings. The molecule has 0 aromatic heterocycles. The van der Waals surface area contributed by atoms with Crippen molar-refractivity contribution in [2.75, 3.05) is 32.1 Å². The third-order valence-electron chi connectivity index (χ3n) is 3.31. The molecule has 1 aromatic carbocycles. The van der Waals surface area contributed by atoms with Crippen molar-refractivity contribution >= 4 is 5.69 Å². The molecule has 0 radical (unpaired) electrons. The molecule has 1 aromatic rings. The number of rotatable bonds is 8. The Morgan fingerprint density at radius 3 is 2.48 bits per heavy atom. The van der Waals surface area contributed by atoms with Gasteiger partial charge in [0.05, 0.1) is 5.56 Å². The van der Waals surface area contributed by atoms with Crippen molar-refractivity contribution in [3.63, 3.8) is 0 Å². The first-order valence-electron chi connectivity index (χ1n) is 7.07. The number of nitrogens with zero attached hydrogens (tertiary/aromatic N) is 1. The lowest BCUT2D eigenvalue weighted by molar-refractivity contribution is -0.137. The minimum Gasteiger partial charge on any atom is -0.396 e. The summed E-state index contributed by atoms with van der Waals surface area (Å²) in [5.74, 6) is 0. The standard InChI is InChI=1S/C15H23F3N2O/c1-19-11-12-6-7-14(13(10-12)15(16,17)18)20(2)8-4-3-5-9-21/h6-7,10,19,21H,3-5,8-9,11H2,1-2H3. The monoisotopic (exact) mass is 304 g/mol. The van der Waals surface area contributed by atoms with E-state index in [1.54, 1.807) is 25.1 Å². The van der Waals surface area contributed by atoms with Crippen LogP contribution in [0.25, 0.3) is 0 Å². The second-order valence-electron chi connectivity index (χ2n) is 5.09. The number of anilines is 1. The minimum absolute atomic E-state index is 0.121. The fourth-order valence-electron chi connectivity index (χ4n) is 2.22. The maximum Gasteiger partial charge on any atom is 0.418 e. The van der Waals surface area contributed by atoms with Crippen LogP contribution in [0.3, 0.4) is 0 Å². The van der Waals surface area contributed by atoms with Crippen molar-refractivity contribution in [3.8, 4) is 0 Å². The van der Waals surface area contributed by atoms with Crippen molar-refractivity contribution in [3.05, 3.63) is 29.3 Å². The summed E-state index contributed by atoms with van der Waals surface area (Å²) in [7, 11) is 3.37. The number of unbranched alkanes of at least 4 members (excludes halogenated alkanes) is 2. The van der Waals surface area contributed by atoms with Gasteiger partial charge in [-0.3, -0.25) is 0 Å². The van der Waals surface area contributed by atoms with Crippen molar-refractivity contribution in [2.24, 2.45) is 0 Å². The topological polar surface area (TPSA) is 35.5 Å². The van der Waals surface area contributed by atoms with E-state index >= 15 is 0 Å². The van der Waals surface area contributed by atoms with Crippen LogP contribution in [0.4, 0.5) is 18.9 Å². The Morgan fingerprint density at radius 1 is 1.19 bits per heavy atom. The van der Waals surface area contributed by atoms with Gasteiger partial charge in [-0.25, -0.2) is 0 Å². The van der Waals surface area contributed by atoms with Crippen LogP contribution in [-0.4, -0.2) is 32.4 Å². The minimum atomic E-state index is -4.36. The van der Waals surface area contributed by atoms with Gasteiger partial charge in [0, 0.05) is 32.4 Å². The summed E-state index contributed by atoms with van der Waals surface area (Å²) in [5, 5.41) is 11.6. The number of hydrogen-bond acceptors (Lipinski definition) is 3. The Labute approximate surface area is 123 Å². The quantitative estimate of drug-likeness (QED) is 0.725. The van der Waals surface area contributed by atoms with E-state index in [9.17, 15) is 13.2 Å². The van der Waals surface area contributed by atoms with Gasteiger partial charge >= 0.3 is 6.18 Å². The summed E-state index contributed by atoms with van der Waals surface area (Å²) in [6.07, 6.45) is -2.12. The number of aliphatic hydroxyl groups is 1. The molecule has 6 heteroatoms. The van der Waals surface area contributed by atoms with Crippen LogP contribution in [0.15, 0.2) is 18.2 Å². The first-order valence-corrected chi connectivity index (χ1v) is 7.07. The molecule has 0 atom stereocenters. The highest BCUT2D eigenvalue weighted by Gasteiger charge is 2.34. The van der Waals surface area contributed by atoms with E-state index < -0.39 is 11.7 Å². The van der Waals surface area contributed by atoms with E-state index in [1.165, 1.54) is 12.1 Å². The molecule has 0 saturated carbocycles. The van der Waals surface area contributed by atoms with Gasteiger partial charge in [0.25, 0.3) is 0 Å². The highest BCUT2D eigenvalue weighted by atomic mass is 19.4. The molecule has 0 saturated heterocycles. The van der Waals surface area contributed by atoms with E-state index in [-0.39, 0.29) is 12.3 Å². The molecular weight excluding hydrogens is 281 g/mol. The van der Waals surface area contributed by atoms with Gasteiger partial charge in [0.2, 0.25) is 0 Å². The van der Waals surface area contributed by atoms with Gasteiger partial charge in [-0.05, 0) is 44.0 Å². The Balaban J connectivity index is 2.89. The molecule has 21 heavy (non-hydrogen) atoms. The van der Waals surface area contributed by atoms with Gasteiger partial charge in [-0.2, -0.15) is 13.2 Å². The van der Waals surface area contributed by atoms with Crippen LogP contribution >= 0.6 is 0 Å². The number of nitrogens with one attached hydrogen (secondary N) is 1. The second-order valence-corrected chi connectivity index (χ2v) is 5.09. The first-order chi connectivity index (χ1) is 9.90. The lowest BCUT2D eigenvalue weighted by Gasteiger charge is -2.24. The highest BCUT2D eigenvalue weighted by Crippen LogP contribution is 2.37. The van der Waals surface area contributed by atoms with E-state index in [0.29, 0.717) is 25.1 Å². The van der Waals surface area contributed by atoms with E-state index in [2.05, 4.69) is 5.32 Å². The van der Waals surface area contributed by atoms with Crippen LogP contribution in [0.2, 0.25) is 0 Å². The number of aliphatic hydroxyl groups excluding tert-OH is 1. The average Bonchev–Trinajstić information content (AvgIpc) is 2.43. The largest absolute Gasteiger partial charge is 0.418 e. The Bertz CT molecular complexity index is 435. The fraction of sp³-hybridized carbons (Fsp3) is 0.600. The summed E-state index contributed by atoms with van der Waals surface area (Å²) in [5.41, 5.74) is 0.216. The summed E-state index contributed by atoms with van der Waals surface area (Å²) < 4.78 is 39.6. The van der Waals surface area contributed by atoms with Gasteiger partial charge in [-0.15, -0.1) is 0 Å². The molecule has 0 spiro atoms. The molecule has 2 N–H and O–H groups in total. The Hall–Kier alpha value is -1.27. The fourth-order valence-corrected chi connectivity index (χ4v) is 2.22. The summed E-state index contributed by atoms with van der Waals surface area (Å²) in [6, 6.07) is 4.45. The average molecular weight is 304 g/mol. The summed E-state index contributed by atoms with van der Waals surface area (Å²) in [6.45, 7) is 1.06. The summed E-state index contributed by atoms with van der Waals surface area (Å²) >= 11 is 0. The molecule has 1 rings (SSSR count). The molecular formula is C15H23F3N2O. The lowest BCUT2D eigenvalue weighted by atomic mass is 10.1. The number of hydrogen-bond donors (Lipinski definition) is 2. The maximum atomic E-state index is 13.2. The zero-order valence-electron chi connectivity index (χ0n) is 12.5. The van der Waals surface area contributed by atoms with Crippen molar-refractivity contribution in [1.29, 1.82) is 0 Å². The lowest BCUT2D eigenvalue weighted by Crippen LogP contribution is -2.23. The van der Waals surface area contributed by atoms with Gasteiger partial charge in [-0.1, -0.05) is 6.07 Å². The molecule has 0 unspecified atom stereocenters. The molecule has 120 valence electrons. The van der Waals surface area contributed by atoms with Crippen LogP contribution in [0, 0.1) is 0 Å². The van der Waals surface area contributed by atoms with Crippen LogP contribution < -0.4 is 10.2 Å². The zero-order chi connectivity index (χ0) is 15.9. The Kier molecular flexibility index (Phi) is 6.98. The smallest absolute Gasteiger partial charge is 0.396 e. The molecule has 0 aliphatic heterocycles. The third-order valence-corrected chi connectivity index (χ3v) is 3.31. The van der Waals surface area contributed by atoms with E-state index in [4.69, 9.17) is 5.11 Å². The van der Waals surface area contributed by atoms with Crippen LogP contribution in [-0.2, 0) is 12.7 Å². The summed E-state index contributed by atoms with van der Waals surface area (Å²) in [4.78, 5) is 1.63. The predicted molar refractivity (Wildman–Crippen MR) is 78.4 cm³/mol. The second kappa shape index (κ2) is 8.24. The molecule has 0 heterocycles. The molecule has 0 bridgehead atoms. The Morgan fingerprint density at radius 2 is 1.90 bits per heavy atom. The van der Waals surface area contributed by atoms with Crippen molar-refractivity contribution in [2.45, 2.75) is 32.0 Å². The number of benzene rings is 1. The third kappa shape index (κ3) is 5.55. The van der Waals surface area contributed by atoms with Gasteiger partial charge in [0.1, 0.15) is 0 Å². The number of halogens is 3. The number of alkyl halides is 3. The molecule has 0 aliphatic carbocycles. The molecule has 0 fully saturated rings. The highest BCUT2D eigenvalue weighted by molar-refractivity contribution is 5.56.